The molecule has 1 aromatic carbocycles. The predicted octanol–water partition coefficient (Wildman–Crippen LogP) is 1.11. The normalized spacial score (nSPS) is 10.6. The minimum absolute atomic E-state index is 0.131. The van der Waals surface area contributed by atoms with Gasteiger partial charge in [-0.25, -0.2) is 0 Å². The summed E-state index contributed by atoms with van der Waals surface area (Å²) in [5.41, 5.74) is 6.04. The van der Waals surface area contributed by atoms with Gasteiger partial charge in [-0.1, -0.05) is 0 Å². The van der Waals surface area contributed by atoms with E-state index in [1.807, 2.05) is 0 Å². The average molecular weight is 253 g/mol. The van der Waals surface area contributed by atoms with Gasteiger partial charge in [-0.3, -0.25) is 0 Å². The average Bonchev–Trinajstić information content (AvgIpc) is 2.15. The Kier molecular flexibility index (Phi) is 3.71. The molecule has 14 heavy (non-hydrogen) atoms. The summed E-state index contributed by atoms with van der Waals surface area (Å²) in [4.78, 5) is 10.3. The molecule has 0 atom stereocenters. The molecule has 0 saturated carbocycles. The first-order valence-corrected chi connectivity index (χ1v) is 6.24. The van der Waals surface area contributed by atoms with E-state index in [0.29, 0.717) is 5.69 Å². The molecular formula is C9H10AsN2O2. The van der Waals surface area contributed by atoms with Crippen molar-refractivity contribution in [2.45, 2.75) is 5.21 Å². The molecule has 0 heterocycles. The second kappa shape index (κ2) is 4.82. The number of anilines is 1. The van der Waals surface area contributed by atoms with E-state index in [4.69, 9.17) is 5.73 Å². The second-order valence-electron chi connectivity index (χ2n) is 2.63. The number of nitro groups is 1. The number of benzene rings is 1. The van der Waals surface area contributed by atoms with Crippen LogP contribution in [0, 0.1) is 10.1 Å². The number of nitrogens with zero attached hydrogens (tertiary/aromatic N) is 1. The van der Waals surface area contributed by atoms with E-state index in [1.54, 1.807) is 18.2 Å². The molecule has 2 N–H and O–H groups in total. The SMILES string of the molecule is C=CC[As]c1ccc(N)cc1[N+](=O)[O-]. The Balaban J connectivity index is 3.01. The summed E-state index contributed by atoms with van der Waals surface area (Å²) in [7, 11) is 0. The molecule has 0 bridgehead atoms. The summed E-state index contributed by atoms with van der Waals surface area (Å²) < 4.78 is 0.792. The van der Waals surface area contributed by atoms with Gasteiger partial charge in [0.05, 0.1) is 0 Å². The van der Waals surface area contributed by atoms with Crippen LogP contribution in [-0.2, 0) is 0 Å². The molecule has 0 saturated heterocycles. The van der Waals surface area contributed by atoms with Crippen molar-refractivity contribution in [3.05, 3.63) is 41.0 Å². The van der Waals surface area contributed by atoms with Gasteiger partial charge in [0.15, 0.2) is 0 Å². The summed E-state index contributed by atoms with van der Waals surface area (Å²) in [6.45, 7) is 3.60. The van der Waals surface area contributed by atoms with Crippen LogP contribution < -0.4 is 10.1 Å². The fraction of sp³-hybridized carbons (Fsp3) is 0.111. The van der Waals surface area contributed by atoms with Crippen LogP contribution in [0.4, 0.5) is 11.4 Å². The van der Waals surface area contributed by atoms with Crippen molar-refractivity contribution in [2.24, 2.45) is 0 Å². The zero-order valence-electron chi connectivity index (χ0n) is 7.51. The molecule has 0 aliphatic rings. The molecule has 73 valence electrons. The Hall–Kier alpha value is -1.28. The van der Waals surface area contributed by atoms with Gasteiger partial charge in [-0.2, -0.15) is 0 Å². The topological polar surface area (TPSA) is 69.2 Å². The fourth-order valence-electron chi connectivity index (χ4n) is 0.983. The molecule has 0 fully saturated rings. The molecule has 1 radical (unpaired) electrons. The predicted molar refractivity (Wildman–Crippen MR) is 57.9 cm³/mol. The van der Waals surface area contributed by atoms with E-state index in [9.17, 15) is 10.1 Å². The second-order valence-corrected chi connectivity index (χ2v) is 5.08. The number of hydrogen-bond donors (Lipinski definition) is 1. The van der Waals surface area contributed by atoms with Gasteiger partial charge in [-0.05, 0) is 0 Å². The molecule has 0 unspecified atom stereocenters. The summed E-state index contributed by atoms with van der Waals surface area (Å²) in [6, 6.07) is 4.84. The van der Waals surface area contributed by atoms with Crippen LogP contribution >= 0.6 is 0 Å². The Labute approximate surface area is 88.6 Å². The molecule has 1 aromatic rings. The van der Waals surface area contributed by atoms with E-state index in [-0.39, 0.29) is 26.4 Å². The van der Waals surface area contributed by atoms with Crippen molar-refractivity contribution >= 4 is 31.5 Å². The van der Waals surface area contributed by atoms with Crippen LogP contribution in [0.2, 0.25) is 5.21 Å². The van der Waals surface area contributed by atoms with Gasteiger partial charge in [0.1, 0.15) is 0 Å². The number of rotatable bonds is 4. The Bertz CT molecular complexity index is 366. The van der Waals surface area contributed by atoms with E-state index in [0.717, 1.165) is 9.56 Å². The zero-order valence-corrected chi connectivity index (χ0v) is 9.39. The van der Waals surface area contributed by atoms with Gasteiger partial charge in [-0.15, -0.1) is 0 Å². The third-order valence-corrected chi connectivity index (χ3v) is 4.02. The van der Waals surface area contributed by atoms with Crippen LogP contribution in [-0.4, -0.2) is 20.7 Å². The molecular weight excluding hydrogens is 243 g/mol. The van der Waals surface area contributed by atoms with Crippen molar-refractivity contribution in [2.75, 3.05) is 5.73 Å². The quantitative estimate of drug-likeness (QED) is 0.287. The molecule has 5 heteroatoms. The zero-order chi connectivity index (χ0) is 10.6. The van der Waals surface area contributed by atoms with Crippen LogP contribution in [0.15, 0.2) is 30.9 Å². The number of nitrogen functional groups attached to an aromatic ring is 1. The monoisotopic (exact) mass is 253 g/mol. The molecule has 0 aromatic heterocycles. The van der Waals surface area contributed by atoms with Gasteiger partial charge in [0.2, 0.25) is 0 Å². The van der Waals surface area contributed by atoms with E-state index >= 15 is 0 Å². The molecule has 0 spiro atoms. The number of allylic oxidation sites excluding steroid dienone is 1. The Morgan fingerprint density at radius 1 is 1.64 bits per heavy atom. The first-order valence-electron chi connectivity index (χ1n) is 3.97. The minimum atomic E-state index is -0.385. The van der Waals surface area contributed by atoms with Crippen LogP contribution in [0.25, 0.3) is 0 Å². The first-order chi connectivity index (χ1) is 6.65. The van der Waals surface area contributed by atoms with Crippen molar-refractivity contribution in [3.63, 3.8) is 0 Å². The van der Waals surface area contributed by atoms with Gasteiger partial charge in [0.25, 0.3) is 0 Å². The third kappa shape index (κ3) is 2.60. The van der Waals surface area contributed by atoms with Crippen LogP contribution in [0.3, 0.4) is 0 Å². The van der Waals surface area contributed by atoms with Crippen molar-refractivity contribution in [1.82, 2.24) is 0 Å². The van der Waals surface area contributed by atoms with Crippen molar-refractivity contribution in [3.8, 4) is 0 Å². The molecule has 0 amide bonds. The van der Waals surface area contributed by atoms with E-state index < -0.39 is 0 Å². The van der Waals surface area contributed by atoms with E-state index in [1.165, 1.54) is 6.07 Å². The summed E-state index contributed by atoms with van der Waals surface area (Å²) in [5.74, 6) is 0. The van der Waals surface area contributed by atoms with Crippen LogP contribution in [0.5, 0.6) is 0 Å². The van der Waals surface area contributed by atoms with Gasteiger partial charge in [0, 0.05) is 0 Å². The van der Waals surface area contributed by atoms with Crippen LogP contribution in [0.1, 0.15) is 0 Å². The third-order valence-electron chi connectivity index (χ3n) is 1.59. The maximum absolute atomic E-state index is 10.7. The van der Waals surface area contributed by atoms with Gasteiger partial charge < -0.3 is 0 Å². The van der Waals surface area contributed by atoms with Gasteiger partial charge >= 0.3 is 88.3 Å². The van der Waals surface area contributed by atoms with Crippen molar-refractivity contribution < 1.29 is 4.92 Å². The first kappa shape index (κ1) is 10.8. The maximum atomic E-state index is 10.7. The fourth-order valence-corrected chi connectivity index (χ4v) is 2.69. The molecule has 0 aliphatic carbocycles. The number of nitrogens with two attached hydrogens (primary N) is 1. The molecule has 0 aliphatic heterocycles. The Morgan fingerprint density at radius 2 is 2.36 bits per heavy atom. The molecule has 1 rings (SSSR count). The standard InChI is InChI=1S/C9H10AsN2O2/c1-2-5-10-8-4-3-7(11)6-9(8)12(13)14/h2-4,6H,1,5,11H2. The van der Waals surface area contributed by atoms with Crippen molar-refractivity contribution in [1.29, 1.82) is 0 Å². The summed E-state index contributed by atoms with van der Waals surface area (Å²) in [6.07, 6.45) is 1.78. The number of nitro benzene ring substituents is 1. The summed E-state index contributed by atoms with van der Waals surface area (Å²) >= 11 is -0.212. The van der Waals surface area contributed by atoms with E-state index in [2.05, 4.69) is 6.58 Å². The Morgan fingerprint density at radius 3 is 2.93 bits per heavy atom. The number of hydrogen-bond acceptors (Lipinski definition) is 3. The molecule has 4 nitrogen and oxygen atoms in total. The summed E-state index contributed by atoms with van der Waals surface area (Å²) in [5, 5.41) is 11.5.